The molecule has 0 radical (unpaired) electrons. The van der Waals surface area contributed by atoms with E-state index < -0.39 is 0 Å². The van der Waals surface area contributed by atoms with Gasteiger partial charge < -0.3 is 9.84 Å². The molecular formula is C16H24O2S2. The Kier molecular flexibility index (Phi) is 5.70. The minimum atomic E-state index is -0.307. The highest BCUT2D eigenvalue weighted by molar-refractivity contribution is 8.07. The molecule has 0 aliphatic carbocycles. The van der Waals surface area contributed by atoms with E-state index in [9.17, 15) is 5.11 Å². The second-order valence-electron chi connectivity index (χ2n) is 5.50. The van der Waals surface area contributed by atoms with Crippen molar-refractivity contribution in [3.63, 3.8) is 0 Å². The maximum Gasteiger partial charge on any atom is 0.122 e. The third kappa shape index (κ3) is 3.86. The molecule has 20 heavy (non-hydrogen) atoms. The van der Waals surface area contributed by atoms with Crippen molar-refractivity contribution in [1.82, 2.24) is 0 Å². The van der Waals surface area contributed by atoms with Crippen LogP contribution in [-0.4, -0.2) is 39.8 Å². The highest BCUT2D eigenvalue weighted by Gasteiger charge is 2.30. The van der Waals surface area contributed by atoms with Crippen molar-refractivity contribution in [1.29, 1.82) is 0 Å². The van der Waals surface area contributed by atoms with Crippen molar-refractivity contribution in [2.45, 2.75) is 49.0 Å². The fourth-order valence-electron chi connectivity index (χ4n) is 2.43. The first-order chi connectivity index (χ1) is 9.51. The van der Waals surface area contributed by atoms with Crippen LogP contribution in [0.3, 0.4) is 0 Å². The molecule has 1 aromatic carbocycles. The Hall–Kier alpha value is -0.320. The molecule has 0 aromatic heterocycles. The zero-order chi connectivity index (χ0) is 14.7. The fraction of sp³-hybridized carbons (Fsp3) is 0.625. The SMILES string of the molecule is COc1ccc(C)cc1CC(O)C1CSC(C)C(C)S1. The van der Waals surface area contributed by atoms with Gasteiger partial charge in [0.25, 0.3) is 0 Å². The summed E-state index contributed by atoms with van der Waals surface area (Å²) < 4.78 is 5.40. The van der Waals surface area contributed by atoms with E-state index in [1.807, 2.05) is 35.7 Å². The van der Waals surface area contributed by atoms with Gasteiger partial charge >= 0.3 is 0 Å². The molecule has 1 aliphatic rings. The highest BCUT2D eigenvalue weighted by Crippen LogP contribution is 2.38. The van der Waals surface area contributed by atoms with Gasteiger partial charge in [-0.3, -0.25) is 0 Å². The molecule has 1 heterocycles. The van der Waals surface area contributed by atoms with Crippen molar-refractivity contribution in [3.05, 3.63) is 29.3 Å². The Morgan fingerprint density at radius 3 is 2.75 bits per heavy atom. The zero-order valence-electron chi connectivity index (χ0n) is 12.6. The van der Waals surface area contributed by atoms with Gasteiger partial charge in [-0.05, 0) is 18.6 Å². The van der Waals surface area contributed by atoms with Crippen LogP contribution >= 0.6 is 23.5 Å². The summed E-state index contributed by atoms with van der Waals surface area (Å²) in [6.07, 6.45) is 0.364. The van der Waals surface area contributed by atoms with Gasteiger partial charge in [-0.1, -0.05) is 31.5 Å². The molecule has 2 nitrogen and oxygen atoms in total. The second kappa shape index (κ2) is 7.10. The van der Waals surface area contributed by atoms with Gasteiger partial charge in [-0.15, -0.1) is 0 Å². The Bertz CT molecular complexity index is 450. The number of thioether (sulfide) groups is 2. The molecule has 4 atom stereocenters. The molecule has 0 saturated carbocycles. The van der Waals surface area contributed by atoms with E-state index in [-0.39, 0.29) is 6.10 Å². The summed E-state index contributed by atoms with van der Waals surface area (Å²) in [7, 11) is 1.69. The summed E-state index contributed by atoms with van der Waals surface area (Å²) in [4.78, 5) is 0. The average Bonchev–Trinajstić information content (AvgIpc) is 2.42. The van der Waals surface area contributed by atoms with Gasteiger partial charge in [-0.2, -0.15) is 23.5 Å². The van der Waals surface area contributed by atoms with E-state index in [1.165, 1.54) is 5.56 Å². The number of ether oxygens (including phenoxy) is 1. The second-order valence-corrected chi connectivity index (χ2v) is 8.54. The quantitative estimate of drug-likeness (QED) is 0.921. The van der Waals surface area contributed by atoms with Crippen molar-refractivity contribution in [2.24, 2.45) is 0 Å². The predicted octanol–water partition coefficient (Wildman–Crippen LogP) is 3.53. The molecule has 1 N–H and O–H groups in total. The van der Waals surface area contributed by atoms with Gasteiger partial charge in [-0.25, -0.2) is 0 Å². The number of rotatable bonds is 4. The Labute approximate surface area is 130 Å². The molecule has 1 fully saturated rings. The molecular weight excluding hydrogens is 288 g/mol. The monoisotopic (exact) mass is 312 g/mol. The summed E-state index contributed by atoms with van der Waals surface area (Å²) in [5.74, 6) is 1.91. The standard InChI is InChI=1S/C16H24O2S2/c1-10-5-6-15(18-4)13(7-10)8-14(17)16-9-19-11(2)12(3)20-16/h5-7,11-12,14,16-17H,8-9H2,1-4H3. The molecule has 1 aromatic rings. The Morgan fingerprint density at radius 2 is 2.10 bits per heavy atom. The van der Waals surface area contributed by atoms with E-state index in [2.05, 4.69) is 26.8 Å². The van der Waals surface area contributed by atoms with Crippen LogP contribution in [0.25, 0.3) is 0 Å². The van der Waals surface area contributed by atoms with E-state index in [0.29, 0.717) is 22.2 Å². The van der Waals surface area contributed by atoms with Gasteiger partial charge in [0.2, 0.25) is 0 Å². The van der Waals surface area contributed by atoms with Crippen molar-refractivity contribution in [3.8, 4) is 5.75 Å². The molecule has 0 spiro atoms. The molecule has 0 bridgehead atoms. The van der Waals surface area contributed by atoms with Crippen LogP contribution < -0.4 is 4.74 Å². The van der Waals surface area contributed by atoms with Gasteiger partial charge in [0.15, 0.2) is 0 Å². The van der Waals surface area contributed by atoms with Crippen LogP contribution in [0.2, 0.25) is 0 Å². The Morgan fingerprint density at radius 1 is 1.35 bits per heavy atom. The summed E-state index contributed by atoms with van der Waals surface area (Å²) in [5.41, 5.74) is 2.32. The number of aliphatic hydroxyl groups excluding tert-OH is 1. The number of hydrogen-bond acceptors (Lipinski definition) is 4. The maximum atomic E-state index is 10.6. The largest absolute Gasteiger partial charge is 0.496 e. The number of benzene rings is 1. The predicted molar refractivity (Wildman–Crippen MR) is 90.2 cm³/mol. The highest BCUT2D eigenvalue weighted by atomic mass is 32.2. The first kappa shape index (κ1) is 16.1. The van der Waals surface area contributed by atoms with Crippen LogP contribution in [0, 0.1) is 6.92 Å². The van der Waals surface area contributed by atoms with Crippen LogP contribution in [0.5, 0.6) is 5.75 Å². The fourth-order valence-corrected chi connectivity index (χ4v) is 5.45. The Balaban J connectivity index is 2.04. The van der Waals surface area contributed by atoms with Crippen LogP contribution in [-0.2, 0) is 6.42 Å². The minimum absolute atomic E-state index is 0.307. The first-order valence-electron chi connectivity index (χ1n) is 7.10. The third-order valence-corrected chi connectivity index (χ3v) is 7.40. The summed E-state index contributed by atoms with van der Waals surface area (Å²) in [6.45, 7) is 6.60. The zero-order valence-corrected chi connectivity index (χ0v) is 14.3. The number of methoxy groups -OCH3 is 1. The van der Waals surface area contributed by atoms with E-state index in [4.69, 9.17) is 4.74 Å². The van der Waals surface area contributed by atoms with Crippen molar-refractivity contribution < 1.29 is 9.84 Å². The number of aliphatic hydroxyl groups is 1. The third-order valence-electron chi connectivity index (χ3n) is 3.87. The minimum Gasteiger partial charge on any atom is -0.496 e. The molecule has 0 amide bonds. The summed E-state index contributed by atoms with van der Waals surface area (Å²) in [6, 6.07) is 6.16. The molecule has 4 heteroatoms. The van der Waals surface area contributed by atoms with Crippen LogP contribution in [0.15, 0.2) is 18.2 Å². The lowest BCUT2D eigenvalue weighted by Crippen LogP contribution is -2.35. The molecule has 2 rings (SSSR count). The van der Waals surface area contributed by atoms with E-state index in [0.717, 1.165) is 17.1 Å². The van der Waals surface area contributed by atoms with Gasteiger partial charge in [0, 0.05) is 27.9 Å². The van der Waals surface area contributed by atoms with Crippen LogP contribution in [0.1, 0.15) is 25.0 Å². The smallest absolute Gasteiger partial charge is 0.122 e. The molecule has 4 unspecified atom stereocenters. The van der Waals surface area contributed by atoms with Gasteiger partial charge in [0.1, 0.15) is 5.75 Å². The molecule has 112 valence electrons. The number of aryl methyl sites for hydroxylation is 1. The topological polar surface area (TPSA) is 29.5 Å². The lowest BCUT2D eigenvalue weighted by atomic mass is 10.0. The summed E-state index contributed by atoms with van der Waals surface area (Å²) in [5, 5.41) is 12.2. The van der Waals surface area contributed by atoms with Crippen LogP contribution in [0.4, 0.5) is 0 Å². The molecule has 1 aliphatic heterocycles. The summed E-state index contributed by atoms with van der Waals surface area (Å²) >= 11 is 3.90. The number of hydrogen-bond donors (Lipinski definition) is 1. The lowest BCUT2D eigenvalue weighted by molar-refractivity contribution is 0.176. The van der Waals surface area contributed by atoms with E-state index >= 15 is 0 Å². The van der Waals surface area contributed by atoms with Crippen molar-refractivity contribution >= 4 is 23.5 Å². The molecule has 1 saturated heterocycles. The van der Waals surface area contributed by atoms with E-state index in [1.54, 1.807) is 7.11 Å². The first-order valence-corrected chi connectivity index (χ1v) is 9.09. The normalized spacial score (nSPS) is 28.1. The van der Waals surface area contributed by atoms with Crippen molar-refractivity contribution in [2.75, 3.05) is 12.9 Å². The maximum absolute atomic E-state index is 10.6. The van der Waals surface area contributed by atoms with Gasteiger partial charge in [0.05, 0.1) is 13.2 Å². The lowest BCUT2D eigenvalue weighted by Gasteiger charge is -2.34. The average molecular weight is 312 g/mol.